The van der Waals surface area contributed by atoms with Crippen molar-refractivity contribution in [2.24, 2.45) is 11.8 Å². The summed E-state index contributed by atoms with van der Waals surface area (Å²) in [5, 5.41) is 17.8. The van der Waals surface area contributed by atoms with Crippen molar-refractivity contribution in [1.82, 2.24) is 10.1 Å². The van der Waals surface area contributed by atoms with Crippen molar-refractivity contribution < 1.29 is 56.9 Å². The number of unbranched alkanes of at least 4 members (excludes halogenated alkanes) is 1. The van der Waals surface area contributed by atoms with E-state index in [0.717, 1.165) is 6.42 Å². The lowest BCUT2D eigenvalue weighted by molar-refractivity contribution is -0.0749. The van der Waals surface area contributed by atoms with Crippen molar-refractivity contribution >= 4 is 43.1 Å². The fourth-order valence-electron chi connectivity index (χ4n) is 8.82. The van der Waals surface area contributed by atoms with Crippen LogP contribution in [0.1, 0.15) is 116 Å². The molecule has 15 heteroatoms. The molecule has 4 atom stereocenters. The number of ketones is 2. The maximum Gasteiger partial charge on any atom is 0.514 e. The Morgan fingerprint density at radius 3 is 2.41 bits per heavy atom. The molecule has 2 heterocycles. The second kappa shape index (κ2) is 15.5. The zero-order valence-corrected chi connectivity index (χ0v) is 36.7. The molecule has 0 bridgehead atoms. The minimum atomic E-state index is -2.99. The predicted molar refractivity (Wildman–Crippen MR) is 219 cm³/mol. The van der Waals surface area contributed by atoms with Crippen LogP contribution in [-0.2, 0) is 20.3 Å². The van der Waals surface area contributed by atoms with Crippen LogP contribution < -0.4 is 14.2 Å². The normalized spacial score (nSPS) is 23.6. The second-order valence-corrected chi connectivity index (χ2v) is 23.2. The van der Waals surface area contributed by atoms with Crippen LogP contribution in [0.3, 0.4) is 0 Å². The molecule has 2 aromatic carbocycles. The largest absolute Gasteiger partial charge is 0.514 e. The number of nitrogens with zero attached hydrogens (tertiary/aromatic N) is 2. The Labute approximate surface area is 345 Å². The van der Waals surface area contributed by atoms with Crippen molar-refractivity contribution in [3.63, 3.8) is 0 Å². The molecule has 1 aliphatic heterocycles. The van der Waals surface area contributed by atoms with Gasteiger partial charge in [0.15, 0.2) is 31.2 Å². The van der Waals surface area contributed by atoms with Gasteiger partial charge in [-0.25, -0.2) is 4.79 Å². The van der Waals surface area contributed by atoms with E-state index in [1.807, 2.05) is 40.8 Å². The number of hydrogen-bond acceptors (Lipinski definition) is 14. The molecule has 1 aromatic heterocycles. The highest BCUT2D eigenvalue weighted by Gasteiger charge is 2.68. The van der Waals surface area contributed by atoms with Gasteiger partial charge in [0.2, 0.25) is 5.78 Å². The van der Waals surface area contributed by atoms with E-state index in [1.165, 1.54) is 13.2 Å². The Kier molecular flexibility index (Phi) is 11.2. The van der Waals surface area contributed by atoms with Crippen LogP contribution in [0.2, 0.25) is 18.1 Å². The van der Waals surface area contributed by atoms with E-state index < -0.39 is 65.9 Å². The molecule has 3 aliphatic carbocycles. The Hall–Kier alpha value is -4.57. The van der Waals surface area contributed by atoms with Gasteiger partial charge in [-0.15, -0.1) is 0 Å². The number of aliphatic hydroxyl groups is 1. The third kappa shape index (κ3) is 7.17. The molecule has 0 radical (unpaired) electrons. The first-order valence-corrected chi connectivity index (χ1v) is 23.4. The van der Waals surface area contributed by atoms with Crippen LogP contribution in [0.4, 0.5) is 4.79 Å². The van der Waals surface area contributed by atoms with Crippen LogP contribution in [0.5, 0.6) is 17.4 Å². The van der Waals surface area contributed by atoms with Gasteiger partial charge in [0.05, 0.1) is 38.5 Å². The quantitative estimate of drug-likeness (QED) is 0.0679. The van der Waals surface area contributed by atoms with Crippen LogP contribution in [0.15, 0.2) is 34.1 Å². The summed E-state index contributed by atoms with van der Waals surface area (Å²) in [6, 6.07) is 4.21. The molecule has 3 aromatic rings. The molecular formula is C44H56N2O12Si. The van der Waals surface area contributed by atoms with E-state index in [9.17, 15) is 14.7 Å². The molecule has 59 heavy (non-hydrogen) atoms. The minimum absolute atomic E-state index is 0.0168. The molecule has 7 rings (SSSR count). The molecule has 318 valence electrons. The number of rotatable bonds is 10. The summed E-state index contributed by atoms with van der Waals surface area (Å²) in [6.07, 6.45) is 1.54. The van der Waals surface area contributed by atoms with Gasteiger partial charge in [0.25, 0.3) is 5.88 Å². The maximum absolute atomic E-state index is 15.7. The van der Waals surface area contributed by atoms with E-state index in [0.29, 0.717) is 61.5 Å². The lowest BCUT2D eigenvalue weighted by Crippen LogP contribution is -2.65. The number of benzene rings is 2. The van der Waals surface area contributed by atoms with E-state index >= 15 is 9.59 Å². The number of ether oxygens (including phenoxy) is 5. The highest BCUT2D eigenvalue weighted by Crippen LogP contribution is 2.61. The summed E-state index contributed by atoms with van der Waals surface area (Å²) >= 11 is 0. The van der Waals surface area contributed by atoms with Crippen molar-refractivity contribution in [2.45, 2.75) is 110 Å². The van der Waals surface area contributed by atoms with Gasteiger partial charge in [0, 0.05) is 46.5 Å². The molecule has 0 unspecified atom stereocenters. The maximum atomic E-state index is 15.7. The Morgan fingerprint density at radius 2 is 1.78 bits per heavy atom. The standard InChI is InChI=1S/C44H56N2O12Si/c1-11-12-17-54-40-32-37(57-45-40)33(46-15-18-53-19-16-46)29-22-25-21-28-31(34(48)30(25)38(49)44(29,39(32)50)58-59(9,10)43(5,6)7)36(55-41(51)56-42(2,3)4)27-20-24(23-47)13-14-26(27)35(28)52-8/h13-14,20,23,25,29,33,49H,11-12,15-19,21-22H2,1-10H3/t25-,29-,33-,44-/m0/s1. The number of carbonyl (C=O) groups is 4. The van der Waals surface area contributed by atoms with Crippen LogP contribution >= 0.6 is 0 Å². The highest BCUT2D eigenvalue weighted by atomic mass is 28.4. The molecule has 0 saturated carbocycles. The van der Waals surface area contributed by atoms with Gasteiger partial charge in [-0.05, 0) is 81.4 Å². The van der Waals surface area contributed by atoms with Gasteiger partial charge in [-0.2, -0.15) is 0 Å². The topological polar surface area (TPSA) is 173 Å². The van der Waals surface area contributed by atoms with Gasteiger partial charge in [0.1, 0.15) is 29.0 Å². The summed E-state index contributed by atoms with van der Waals surface area (Å²) in [7, 11) is -1.50. The lowest BCUT2D eigenvalue weighted by Gasteiger charge is -2.56. The lowest BCUT2D eigenvalue weighted by atomic mass is 9.58. The number of fused-ring (bicyclic) bond motifs is 5. The number of aliphatic hydroxyl groups excluding tert-OH is 1. The number of aromatic nitrogens is 1. The summed E-state index contributed by atoms with van der Waals surface area (Å²) in [5.41, 5.74) is -2.23. The van der Waals surface area contributed by atoms with Crippen molar-refractivity contribution in [2.75, 3.05) is 40.0 Å². The number of methoxy groups -OCH3 is 1. The SMILES string of the molecule is CCCCOc1noc2c1C(=O)[C@@]1(O[Si](C)(C)C(C)(C)C)C(O)=C3C(=O)c4c(c(OC)c5ccc(C=O)cc5c4OC(=O)OC(C)(C)C)C[C@H]3C[C@H]1[C@@H]2N1CCOCC1. The highest BCUT2D eigenvalue weighted by molar-refractivity contribution is 6.74. The summed E-state index contributed by atoms with van der Waals surface area (Å²) in [6.45, 7) is 19.4. The molecule has 1 saturated heterocycles. The first-order chi connectivity index (χ1) is 27.8. The van der Waals surface area contributed by atoms with E-state index in [-0.39, 0.29) is 58.7 Å². The van der Waals surface area contributed by atoms with Gasteiger partial charge in [-0.3, -0.25) is 19.3 Å². The first-order valence-electron chi connectivity index (χ1n) is 20.5. The minimum Gasteiger partial charge on any atom is -0.508 e. The number of carbonyl (C=O) groups excluding carboxylic acids is 4. The van der Waals surface area contributed by atoms with E-state index in [4.69, 9.17) is 32.6 Å². The van der Waals surface area contributed by atoms with Crippen molar-refractivity contribution in [3.05, 3.63) is 57.5 Å². The number of allylic oxidation sites excluding steroid dienone is 1. The molecule has 1 N–H and O–H groups in total. The van der Waals surface area contributed by atoms with Crippen molar-refractivity contribution in [3.8, 4) is 17.4 Å². The fraction of sp³-hybridized carbons (Fsp3) is 0.568. The Balaban J connectivity index is 1.52. The zero-order chi connectivity index (χ0) is 42.8. The van der Waals surface area contributed by atoms with Gasteiger partial charge < -0.3 is 37.7 Å². The summed E-state index contributed by atoms with van der Waals surface area (Å²) < 4.78 is 42.9. The van der Waals surface area contributed by atoms with Crippen LogP contribution in [-0.4, -0.2) is 98.7 Å². The smallest absolute Gasteiger partial charge is 0.508 e. The summed E-state index contributed by atoms with van der Waals surface area (Å²) in [5.74, 6) is -2.54. The average Bonchev–Trinajstić information content (AvgIpc) is 3.58. The summed E-state index contributed by atoms with van der Waals surface area (Å²) in [4.78, 5) is 58.9. The third-order valence-corrected chi connectivity index (χ3v) is 17.0. The predicted octanol–water partition coefficient (Wildman–Crippen LogP) is 8.36. The van der Waals surface area contributed by atoms with Gasteiger partial charge in [-0.1, -0.05) is 40.2 Å². The number of aldehydes is 1. The molecule has 0 amide bonds. The molecule has 0 spiro atoms. The second-order valence-electron chi connectivity index (χ2n) is 18.5. The molecule has 1 fully saturated rings. The first kappa shape index (κ1) is 42.5. The van der Waals surface area contributed by atoms with E-state index in [2.05, 4.69) is 10.1 Å². The number of Topliss-reactive ketones (excluding diaryl/α,β-unsaturated/α-hetero) is 2. The van der Waals surface area contributed by atoms with Crippen LogP contribution in [0, 0.1) is 11.8 Å². The zero-order valence-electron chi connectivity index (χ0n) is 35.7. The number of morpholine rings is 1. The molecule has 14 nitrogen and oxygen atoms in total. The Bertz CT molecular complexity index is 2220. The third-order valence-electron chi connectivity index (χ3n) is 12.5. The Morgan fingerprint density at radius 1 is 1.07 bits per heavy atom. The molecular weight excluding hydrogens is 777 g/mol. The molecule has 4 aliphatic rings. The van der Waals surface area contributed by atoms with Crippen molar-refractivity contribution in [1.29, 1.82) is 0 Å². The van der Waals surface area contributed by atoms with Gasteiger partial charge >= 0.3 is 6.16 Å². The van der Waals surface area contributed by atoms with E-state index in [1.54, 1.807) is 32.9 Å². The number of hydrogen-bond donors (Lipinski definition) is 1. The van der Waals surface area contributed by atoms with Crippen LogP contribution in [0.25, 0.3) is 10.8 Å². The fourth-order valence-corrected chi connectivity index (χ4v) is 10.3. The monoisotopic (exact) mass is 832 g/mol. The average molecular weight is 833 g/mol.